The highest BCUT2D eigenvalue weighted by molar-refractivity contribution is 6.11. The first-order chi connectivity index (χ1) is 29.6. The first kappa shape index (κ1) is 31.9. The van der Waals surface area contributed by atoms with Gasteiger partial charge in [-0.1, -0.05) is 72.8 Å². The van der Waals surface area contributed by atoms with Crippen LogP contribution in [0.1, 0.15) is 22.8 Å². The van der Waals surface area contributed by atoms with Crippen LogP contribution in [0.25, 0.3) is 121 Å². The van der Waals surface area contributed by atoms with Gasteiger partial charge in [-0.05, 0) is 174 Å². The molecule has 0 saturated heterocycles. The number of aromatic nitrogens is 4. The van der Waals surface area contributed by atoms with Crippen molar-refractivity contribution >= 4 is 121 Å². The number of benzene rings is 9. The minimum Gasteiger partial charge on any atom is -0.355 e. The van der Waals surface area contributed by atoms with Crippen LogP contribution in [0.3, 0.4) is 0 Å². The predicted molar refractivity (Wildman–Crippen MR) is 253 cm³/mol. The number of nitrogens with one attached hydrogen (secondary N) is 4. The van der Waals surface area contributed by atoms with Gasteiger partial charge in [-0.25, -0.2) is 0 Å². The molecule has 1 aliphatic rings. The third kappa shape index (κ3) is 4.79. The van der Waals surface area contributed by atoms with Gasteiger partial charge >= 0.3 is 0 Å². The molecule has 278 valence electrons. The van der Waals surface area contributed by atoms with E-state index in [0.29, 0.717) is 0 Å². The van der Waals surface area contributed by atoms with Crippen LogP contribution >= 0.6 is 0 Å². The Morgan fingerprint density at radius 3 is 0.817 bits per heavy atom. The Kier molecular flexibility index (Phi) is 6.26. The molecule has 0 atom stereocenters. The van der Waals surface area contributed by atoms with Crippen molar-refractivity contribution in [1.29, 1.82) is 0 Å². The first-order valence-corrected chi connectivity index (χ1v) is 20.6. The third-order valence-electron chi connectivity index (χ3n) is 13.0. The Morgan fingerprint density at radius 2 is 0.500 bits per heavy atom. The molecule has 13 aromatic rings. The summed E-state index contributed by atoms with van der Waals surface area (Å²) in [5, 5.41) is 26.1. The summed E-state index contributed by atoms with van der Waals surface area (Å²) < 4.78 is 0. The van der Waals surface area contributed by atoms with Gasteiger partial charge < -0.3 is 19.9 Å². The van der Waals surface area contributed by atoms with Crippen molar-refractivity contribution in [3.63, 3.8) is 0 Å². The monoisotopic (exact) mass is 762 g/mol. The lowest BCUT2D eigenvalue weighted by atomic mass is 9.99. The number of fused-ring (bicyclic) bond motifs is 23. The molecule has 9 aromatic carbocycles. The van der Waals surface area contributed by atoms with Crippen molar-refractivity contribution < 1.29 is 0 Å². The molecule has 0 spiro atoms. The second kappa shape index (κ2) is 11.8. The van der Waals surface area contributed by atoms with Gasteiger partial charge in [0.25, 0.3) is 0 Å². The summed E-state index contributed by atoms with van der Waals surface area (Å²) in [6.45, 7) is 0. The molecule has 0 aliphatic carbocycles. The van der Waals surface area contributed by atoms with E-state index in [1.54, 1.807) is 0 Å². The van der Waals surface area contributed by atoms with Crippen LogP contribution in [0.4, 0.5) is 0 Å². The zero-order valence-electron chi connectivity index (χ0n) is 32.3. The zero-order valence-corrected chi connectivity index (χ0v) is 32.3. The van der Waals surface area contributed by atoms with E-state index in [-0.39, 0.29) is 0 Å². The lowest BCUT2D eigenvalue weighted by molar-refractivity contribution is 1.24. The van der Waals surface area contributed by atoms with E-state index in [1.807, 2.05) is 0 Å². The maximum absolute atomic E-state index is 3.96. The maximum Gasteiger partial charge on any atom is 0.0486 e. The molecule has 0 radical (unpaired) electrons. The quantitative estimate of drug-likeness (QED) is 0.111. The molecular weight excluding hydrogens is 729 g/mol. The van der Waals surface area contributed by atoms with Gasteiger partial charge in [0, 0.05) is 76.5 Å². The first-order valence-electron chi connectivity index (χ1n) is 20.6. The molecule has 4 N–H and O–H groups in total. The van der Waals surface area contributed by atoms with E-state index in [2.05, 4.69) is 202 Å². The van der Waals surface area contributed by atoms with Gasteiger partial charge in [-0.2, -0.15) is 0 Å². The standard InChI is InChI=1S/C56H34N4/c1-3-9-33-17-39-23-47-45(21-37(39)15-31(33)7-1)51-27-43-13-14-44(57-43)28-52-46-22-38-16-32-8-2-4-10-34(32)18-40(38)24-48(46)54(59-52)30-56-50-26-42-20-36-12-6-5-11-35(36)19-41(42)25-49(50)55(60-56)29-53(47)58-51/h1-30,57-60H. The van der Waals surface area contributed by atoms with Crippen LogP contribution in [0.2, 0.25) is 0 Å². The van der Waals surface area contributed by atoms with Crippen molar-refractivity contribution in [3.8, 4) is 0 Å². The number of rotatable bonds is 0. The molecule has 1 aliphatic heterocycles. The summed E-state index contributed by atoms with van der Waals surface area (Å²) >= 11 is 0. The van der Waals surface area contributed by atoms with E-state index >= 15 is 0 Å². The molecule has 0 saturated carbocycles. The molecule has 4 heteroatoms. The number of hydrogen-bond acceptors (Lipinski definition) is 0. The van der Waals surface area contributed by atoms with E-state index in [0.717, 1.165) is 44.2 Å². The van der Waals surface area contributed by atoms with Crippen molar-refractivity contribution in [2.45, 2.75) is 0 Å². The van der Waals surface area contributed by atoms with E-state index in [1.165, 1.54) is 97.0 Å². The molecule has 14 rings (SSSR count). The fraction of sp³-hybridized carbons (Fsp3) is 0. The van der Waals surface area contributed by atoms with E-state index in [4.69, 9.17) is 0 Å². The van der Waals surface area contributed by atoms with Crippen molar-refractivity contribution in [1.82, 2.24) is 19.9 Å². The maximum atomic E-state index is 3.96. The van der Waals surface area contributed by atoms with Crippen LogP contribution in [0, 0.1) is 0 Å². The van der Waals surface area contributed by atoms with Crippen LogP contribution in [0.5, 0.6) is 0 Å². The van der Waals surface area contributed by atoms with Gasteiger partial charge in [-0.15, -0.1) is 0 Å². The molecule has 0 amide bonds. The molecule has 0 fully saturated rings. The largest absolute Gasteiger partial charge is 0.355 e. The molecule has 5 heterocycles. The normalized spacial score (nSPS) is 12.9. The van der Waals surface area contributed by atoms with Crippen LogP contribution < -0.4 is 21.4 Å². The summed E-state index contributed by atoms with van der Waals surface area (Å²) in [6.07, 6.45) is 9.13. The molecule has 60 heavy (non-hydrogen) atoms. The van der Waals surface area contributed by atoms with E-state index < -0.39 is 0 Å². The SMILES string of the molecule is C1=c2ccc([nH]2)=Cc2[nH]c(c3cc4cc5ccccc5cc4cc23)C=c2[nH]c(c3cc4cc5ccccc5cc4cc23)=Cc2[nH]c1c1cc3cc4ccccc4cc3cc21. The topological polar surface area (TPSA) is 63.2 Å². The van der Waals surface area contributed by atoms with Crippen LogP contribution in [-0.4, -0.2) is 19.9 Å². The summed E-state index contributed by atoms with van der Waals surface area (Å²) in [5.74, 6) is 0. The number of H-pyrrole nitrogens is 4. The average Bonchev–Trinajstić information content (AvgIpc) is 4.03. The Bertz CT molecular complexity index is 4030. The smallest absolute Gasteiger partial charge is 0.0486 e. The second-order valence-electron chi connectivity index (χ2n) is 16.6. The summed E-state index contributed by atoms with van der Waals surface area (Å²) in [7, 11) is 0. The minimum absolute atomic E-state index is 1.03. The second-order valence-corrected chi connectivity index (χ2v) is 16.6. The predicted octanol–water partition coefficient (Wildman–Crippen LogP) is 11.0. The van der Waals surface area contributed by atoms with Gasteiger partial charge in [-0.3, -0.25) is 0 Å². The molecule has 4 aromatic heterocycles. The summed E-state index contributed by atoms with van der Waals surface area (Å²) in [6, 6.07) is 58.4. The molecular formula is C56H34N4. The Labute approximate surface area is 341 Å². The lowest BCUT2D eigenvalue weighted by Gasteiger charge is -2.04. The van der Waals surface area contributed by atoms with Crippen LogP contribution in [-0.2, 0) is 0 Å². The number of aromatic amines is 4. The highest BCUT2D eigenvalue weighted by atomic mass is 14.8. The van der Waals surface area contributed by atoms with Gasteiger partial charge in [0.05, 0.1) is 0 Å². The number of hydrogen-bond donors (Lipinski definition) is 4. The lowest BCUT2D eigenvalue weighted by Crippen LogP contribution is -2.11. The van der Waals surface area contributed by atoms with Crippen LogP contribution in [0.15, 0.2) is 158 Å². The summed E-state index contributed by atoms with van der Waals surface area (Å²) in [4.78, 5) is 15.5. The fourth-order valence-corrected chi connectivity index (χ4v) is 10.0. The highest BCUT2D eigenvalue weighted by Gasteiger charge is 2.15. The Hall–Kier alpha value is -8.08. The van der Waals surface area contributed by atoms with Gasteiger partial charge in [0.1, 0.15) is 0 Å². The van der Waals surface area contributed by atoms with Gasteiger partial charge in [0.2, 0.25) is 0 Å². The molecule has 8 bridgehead atoms. The zero-order chi connectivity index (χ0) is 39.1. The third-order valence-corrected chi connectivity index (χ3v) is 13.0. The fourth-order valence-electron chi connectivity index (χ4n) is 10.0. The average molecular weight is 763 g/mol. The van der Waals surface area contributed by atoms with Crippen molar-refractivity contribution in [2.24, 2.45) is 0 Å². The van der Waals surface area contributed by atoms with Crippen molar-refractivity contribution in [2.75, 3.05) is 0 Å². The molecule has 4 nitrogen and oxygen atoms in total. The van der Waals surface area contributed by atoms with E-state index in [9.17, 15) is 0 Å². The Balaban J connectivity index is 1.12. The van der Waals surface area contributed by atoms with Gasteiger partial charge in [0.15, 0.2) is 0 Å². The summed E-state index contributed by atoms with van der Waals surface area (Å²) in [5.41, 5.74) is 4.27. The minimum atomic E-state index is 1.03. The highest BCUT2D eigenvalue weighted by Crippen LogP contribution is 2.34. The Morgan fingerprint density at radius 1 is 0.217 bits per heavy atom. The molecule has 0 unspecified atom stereocenters. The van der Waals surface area contributed by atoms with Crippen molar-refractivity contribution in [3.05, 3.63) is 202 Å².